The number of nitrogens with one attached hydrogen (secondary N) is 1. The number of benzene rings is 2. The number of hydrogen-bond acceptors (Lipinski definition) is 4. The van der Waals surface area contributed by atoms with E-state index in [9.17, 15) is 13.4 Å². The van der Waals surface area contributed by atoms with Crippen LogP contribution in [0.3, 0.4) is 0 Å². The molecule has 6 nitrogen and oxygen atoms in total. The molecular weight excluding hydrogens is 548 g/mol. The predicted molar refractivity (Wildman–Crippen MR) is 152 cm³/mol. The van der Waals surface area contributed by atoms with E-state index in [1.54, 1.807) is 42.1 Å². The number of fused-ring (bicyclic) bond motifs is 1. The van der Waals surface area contributed by atoms with Crippen LogP contribution in [0.25, 0.3) is 17.3 Å². The first-order valence-electron chi connectivity index (χ1n) is 12.4. The van der Waals surface area contributed by atoms with E-state index in [0.29, 0.717) is 32.6 Å². The number of methoxy groups -OCH3 is 1. The fraction of sp³-hybridized carbons (Fsp3) is 0.321. The first-order valence-corrected chi connectivity index (χ1v) is 15.2. The first kappa shape index (κ1) is 26.9. The van der Waals surface area contributed by atoms with Crippen LogP contribution in [-0.4, -0.2) is 50.8 Å². The molecule has 0 bridgehead atoms. The first-order chi connectivity index (χ1) is 18.1. The van der Waals surface area contributed by atoms with E-state index in [2.05, 4.69) is 11.2 Å². The molecule has 3 atom stereocenters. The molecule has 3 aromatic rings. The van der Waals surface area contributed by atoms with Crippen LogP contribution in [-0.2, 0) is 20.0 Å². The third-order valence-electron chi connectivity index (χ3n) is 7.00. The van der Waals surface area contributed by atoms with E-state index in [0.717, 1.165) is 31.2 Å². The Kier molecular flexibility index (Phi) is 7.69. The van der Waals surface area contributed by atoms with Crippen LogP contribution in [0.4, 0.5) is 4.39 Å². The van der Waals surface area contributed by atoms with Crippen molar-refractivity contribution in [1.29, 1.82) is 0 Å². The van der Waals surface area contributed by atoms with Crippen LogP contribution in [0.15, 0.2) is 42.5 Å². The maximum Gasteiger partial charge on any atom is 0.272 e. The minimum absolute atomic E-state index is 0.0812. The molecule has 1 amide bonds. The van der Waals surface area contributed by atoms with Gasteiger partial charge in [-0.1, -0.05) is 48.2 Å². The third kappa shape index (κ3) is 5.54. The zero-order valence-corrected chi connectivity index (χ0v) is 23.2. The topological polar surface area (TPSA) is 73.2 Å². The molecule has 2 aromatic carbocycles. The fourth-order valence-corrected chi connectivity index (χ4v) is 7.42. The van der Waals surface area contributed by atoms with Gasteiger partial charge in [-0.3, -0.25) is 9.00 Å². The minimum atomic E-state index is -2.62. The van der Waals surface area contributed by atoms with Crippen LogP contribution in [0.1, 0.15) is 53.0 Å². The second kappa shape index (κ2) is 10.8. The molecular formula is C28H28Cl2FN3O3S. The number of hydrogen-bond donors (Lipinski definition) is 1. The molecule has 5 rings (SSSR count). The SMILES string of the molecule is C=S1(=O)C/C(=C\c2ccc(F)cc2)c2c(c(C(=O)N[C@H]3CCCC[C@@H]3OC)nn2-c2ccc(Cl)cc2Cl)C1. The van der Waals surface area contributed by atoms with Crippen molar-refractivity contribution in [2.75, 3.05) is 12.9 Å². The Morgan fingerprint density at radius 3 is 2.63 bits per heavy atom. The van der Waals surface area contributed by atoms with Gasteiger partial charge in [0, 0.05) is 29.2 Å². The van der Waals surface area contributed by atoms with Gasteiger partial charge in [-0.25, -0.2) is 9.07 Å². The lowest BCUT2D eigenvalue weighted by Gasteiger charge is -2.31. The highest BCUT2D eigenvalue weighted by molar-refractivity contribution is 8.00. The summed E-state index contributed by atoms with van der Waals surface area (Å²) >= 11 is 12.7. The summed E-state index contributed by atoms with van der Waals surface area (Å²) in [5, 5.41) is 8.64. The normalized spacial score (nSPS) is 24.3. The van der Waals surface area contributed by atoms with Gasteiger partial charge in [-0.05, 0) is 75.8 Å². The average Bonchev–Trinajstić information content (AvgIpc) is 3.24. The van der Waals surface area contributed by atoms with Crippen LogP contribution in [0.2, 0.25) is 10.0 Å². The molecule has 0 radical (unpaired) electrons. The Bertz CT molecular complexity index is 1520. The van der Waals surface area contributed by atoms with Gasteiger partial charge in [0.25, 0.3) is 5.91 Å². The lowest BCUT2D eigenvalue weighted by atomic mass is 9.92. The van der Waals surface area contributed by atoms with Gasteiger partial charge < -0.3 is 10.1 Å². The maximum atomic E-state index is 13.7. The van der Waals surface area contributed by atoms with Crippen molar-refractivity contribution < 1.29 is 18.1 Å². The number of carbonyl (C=O) groups is 1. The summed E-state index contributed by atoms with van der Waals surface area (Å²) in [7, 11) is -0.967. The molecule has 1 fully saturated rings. The number of ether oxygens (including phenoxy) is 1. The van der Waals surface area contributed by atoms with Gasteiger partial charge in [0.05, 0.1) is 28.5 Å². The average molecular weight is 577 g/mol. The number of amides is 1. The second-order valence-corrected chi connectivity index (χ2v) is 13.2. The minimum Gasteiger partial charge on any atom is -0.379 e. The van der Waals surface area contributed by atoms with E-state index in [1.165, 1.54) is 12.1 Å². The van der Waals surface area contributed by atoms with Crippen LogP contribution in [0.5, 0.6) is 0 Å². The summed E-state index contributed by atoms with van der Waals surface area (Å²) in [4.78, 5) is 13.7. The lowest BCUT2D eigenvalue weighted by molar-refractivity contribution is 0.0391. The largest absolute Gasteiger partial charge is 0.379 e. The summed E-state index contributed by atoms with van der Waals surface area (Å²) in [5.41, 5.74) is 3.25. The van der Waals surface area contributed by atoms with E-state index in [-0.39, 0.29) is 41.1 Å². The molecule has 0 spiro atoms. The zero-order chi connectivity index (χ0) is 27.0. The standard InChI is InChI=1S/C28H28Cl2FN3O3S/c1-37-25-6-4-3-5-23(25)32-28(35)26-21-16-38(2,36)15-18(13-17-7-10-20(31)11-8-17)27(21)34(33-26)24-12-9-19(29)14-22(24)30/h7-14,23,25H,2-6,15-16H2,1H3,(H,32,35)/b18-13+/t23-,25-,38?/m0/s1. The Labute approximate surface area is 231 Å². The van der Waals surface area contributed by atoms with Crippen LogP contribution in [0, 0.1) is 5.82 Å². The summed E-state index contributed by atoms with van der Waals surface area (Å²) in [5.74, 6) is 3.53. The van der Waals surface area contributed by atoms with Crippen molar-refractivity contribution >= 4 is 56.2 Å². The van der Waals surface area contributed by atoms with Crippen molar-refractivity contribution in [2.24, 2.45) is 0 Å². The smallest absolute Gasteiger partial charge is 0.272 e. The van der Waals surface area contributed by atoms with E-state index in [4.69, 9.17) is 33.0 Å². The predicted octanol–water partition coefficient (Wildman–Crippen LogP) is 5.78. The summed E-state index contributed by atoms with van der Waals surface area (Å²) in [6.07, 6.45) is 5.46. The van der Waals surface area contributed by atoms with Crippen molar-refractivity contribution in [3.8, 4) is 5.69 Å². The molecule has 1 unspecified atom stereocenters. The Hall–Kier alpha value is -2.65. The van der Waals surface area contributed by atoms with Gasteiger partial charge in [0.15, 0.2) is 5.69 Å². The number of nitrogens with zero attached hydrogens (tertiary/aromatic N) is 2. The van der Waals surface area contributed by atoms with Gasteiger partial charge in [-0.15, -0.1) is 0 Å². The van der Waals surface area contributed by atoms with Crippen molar-refractivity contribution in [3.05, 3.63) is 80.8 Å². The highest BCUT2D eigenvalue weighted by Crippen LogP contribution is 2.37. The van der Waals surface area contributed by atoms with Crippen molar-refractivity contribution in [3.63, 3.8) is 0 Å². The number of halogens is 3. The fourth-order valence-electron chi connectivity index (χ4n) is 5.24. The molecule has 200 valence electrons. The third-order valence-corrected chi connectivity index (χ3v) is 9.19. The molecule has 1 aliphatic carbocycles. The van der Waals surface area contributed by atoms with Crippen molar-refractivity contribution in [1.82, 2.24) is 15.1 Å². The highest BCUT2D eigenvalue weighted by atomic mass is 35.5. The molecule has 38 heavy (non-hydrogen) atoms. The molecule has 2 heterocycles. The Balaban J connectivity index is 1.67. The van der Waals surface area contributed by atoms with E-state index >= 15 is 0 Å². The number of rotatable bonds is 5. The second-order valence-electron chi connectivity index (χ2n) is 9.80. The lowest BCUT2D eigenvalue weighted by Crippen LogP contribution is -2.46. The Morgan fingerprint density at radius 2 is 1.92 bits per heavy atom. The zero-order valence-electron chi connectivity index (χ0n) is 20.9. The molecule has 10 heteroatoms. The van der Waals surface area contributed by atoms with E-state index < -0.39 is 9.52 Å². The quantitative estimate of drug-likeness (QED) is 0.391. The summed E-state index contributed by atoms with van der Waals surface area (Å²) < 4.78 is 34.3. The van der Waals surface area contributed by atoms with Crippen LogP contribution >= 0.6 is 23.2 Å². The molecule has 0 saturated heterocycles. The van der Waals surface area contributed by atoms with Crippen LogP contribution < -0.4 is 5.32 Å². The Morgan fingerprint density at radius 1 is 1.18 bits per heavy atom. The van der Waals surface area contributed by atoms with Gasteiger partial charge in [0.2, 0.25) is 0 Å². The summed E-state index contributed by atoms with van der Waals surface area (Å²) in [6.45, 7) is 0. The van der Waals surface area contributed by atoms with Gasteiger partial charge in [-0.2, -0.15) is 5.10 Å². The number of aromatic nitrogens is 2. The molecule has 1 aromatic heterocycles. The number of carbonyl (C=O) groups excluding carboxylic acids is 1. The van der Waals surface area contributed by atoms with Gasteiger partial charge in [0.1, 0.15) is 5.82 Å². The molecule has 1 saturated carbocycles. The monoisotopic (exact) mass is 575 g/mol. The van der Waals surface area contributed by atoms with Gasteiger partial charge >= 0.3 is 0 Å². The molecule has 1 N–H and O–H groups in total. The van der Waals surface area contributed by atoms with Crippen molar-refractivity contribution in [2.45, 2.75) is 43.6 Å². The molecule has 1 aliphatic heterocycles. The maximum absolute atomic E-state index is 13.7. The van der Waals surface area contributed by atoms with E-state index in [1.807, 2.05) is 6.08 Å². The summed E-state index contributed by atoms with van der Waals surface area (Å²) in [6, 6.07) is 10.9. The highest BCUT2D eigenvalue weighted by Gasteiger charge is 2.35. The molecule has 2 aliphatic rings.